The molecule has 3 rings (SSSR count). The zero-order chi connectivity index (χ0) is 21.7. The number of carbonyl (C=O) groups is 1. The van der Waals surface area contributed by atoms with E-state index in [-0.39, 0.29) is 24.2 Å². The van der Waals surface area contributed by atoms with E-state index in [1.54, 1.807) is 0 Å². The van der Waals surface area contributed by atoms with Crippen LogP contribution in [0, 0.1) is 23.2 Å². The van der Waals surface area contributed by atoms with Crippen molar-refractivity contribution >= 4 is 5.97 Å². The second-order valence-electron chi connectivity index (χ2n) is 8.75. The number of hydrogen-bond donors (Lipinski definition) is 4. The van der Waals surface area contributed by atoms with Gasteiger partial charge in [-0.15, -0.1) is 0 Å². The molecule has 2 aliphatic rings. The first-order valence-corrected chi connectivity index (χ1v) is 10.8. The van der Waals surface area contributed by atoms with Crippen molar-refractivity contribution in [2.45, 2.75) is 75.1 Å². The summed E-state index contributed by atoms with van der Waals surface area (Å²) in [5.41, 5.74) is 0.565. The van der Waals surface area contributed by atoms with Gasteiger partial charge in [-0.25, -0.2) is 0 Å². The van der Waals surface area contributed by atoms with Crippen LogP contribution in [0.2, 0.25) is 0 Å². The lowest BCUT2D eigenvalue weighted by atomic mass is 9.73. The van der Waals surface area contributed by atoms with Crippen LogP contribution < -0.4 is 0 Å². The predicted octanol–water partition coefficient (Wildman–Crippen LogP) is 3.44. The summed E-state index contributed by atoms with van der Waals surface area (Å²) >= 11 is 0. The number of allylic oxidation sites excluding steroid dienone is 2. The van der Waals surface area contributed by atoms with Gasteiger partial charge < -0.3 is 20.4 Å². The molecule has 4 N–H and O–H groups in total. The molecule has 0 heterocycles. The Kier molecular flexibility index (Phi) is 7.30. The predicted molar refractivity (Wildman–Crippen MR) is 111 cm³/mol. The van der Waals surface area contributed by atoms with Crippen LogP contribution in [-0.2, 0) is 4.79 Å². The van der Waals surface area contributed by atoms with E-state index in [2.05, 4.69) is 6.07 Å². The molecule has 162 valence electrons. The molecular formula is C24H31NO5. The van der Waals surface area contributed by atoms with Crippen molar-refractivity contribution in [1.29, 1.82) is 5.26 Å². The Balaban J connectivity index is 1.68. The first-order valence-electron chi connectivity index (χ1n) is 10.8. The molecule has 0 aliphatic heterocycles. The summed E-state index contributed by atoms with van der Waals surface area (Å²) in [5.74, 6) is -1.23. The lowest BCUT2D eigenvalue weighted by Crippen LogP contribution is -2.43. The molecule has 1 aromatic carbocycles. The van der Waals surface area contributed by atoms with Crippen LogP contribution in [0.3, 0.4) is 0 Å². The van der Waals surface area contributed by atoms with Gasteiger partial charge in [-0.1, -0.05) is 36.4 Å². The molecule has 2 aliphatic carbocycles. The number of hydrogen-bond acceptors (Lipinski definition) is 5. The number of aliphatic hydroxyl groups excluding tert-OH is 2. The zero-order valence-electron chi connectivity index (χ0n) is 17.2. The Morgan fingerprint density at radius 3 is 2.53 bits per heavy atom. The van der Waals surface area contributed by atoms with E-state index in [1.807, 2.05) is 36.4 Å². The Labute approximate surface area is 177 Å². The maximum Gasteiger partial charge on any atom is 0.303 e. The zero-order valence-corrected chi connectivity index (χ0v) is 17.2. The number of aliphatic carboxylic acids is 1. The van der Waals surface area contributed by atoms with Crippen molar-refractivity contribution in [2.24, 2.45) is 11.8 Å². The minimum Gasteiger partial charge on any atom is -0.481 e. The molecule has 2 saturated carbocycles. The van der Waals surface area contributed by atoms with Crippen molar-refractivity contribution in [3.63, 3.8) is 0 Å². The Morgan fingerprint density at radius 2 is 1.97 bits per heavy atom. The molecule has 0 aromatic heterocycles. The summed E-state index contributed by atoms with van der Waals surface area (Å²) in [6, 6.07) is 9.72. The summed E-state index contributed by atoms with van der Waals surface area (Å²) in [6.07, 6.45) is 7.04. The summed E-state index contributed by atoms with van der Waals surface area (Å²) in [5, 5.41) is 49.7. The minimum atomic E-state index is -1.03. The second-order valence-corrected chi connectivity index (χ2v) is 8.75. The van der Waals surface area contributed by atoms with E-state index in [0.717, 1.165) is 12.0 Å². The van der Waals surface area contributed by atoms with Gasteiger partial charge in [0, 0.05) is 12.3 Å². The van der Waals surface area contributed by atoms with Crippen LogP contribution in [0.5, 0.6) is 0 Å². The Bertz CT molecular complexity index is 793. The van der Waals surface area contributed by atoms with Gasteiger partial charge in [0.05, 0.1) is 23.7 Å². The van der Waals surface area contributed by atoms with Crippen LogP contribution in [-0.4, -0.2) is 38.1 Å². The SMILES string of the molecule is N#C[C@@H]1C[C@@H](O)C(c2ccc(C(O)C3(O)CCC3)cc2)C1C/C=C\CCCC(=O)O. The molecule has 0 spiro atoms. The Hall–Kier alpha value is -2.20. The molecule has 2 fully saturated rings. The number of carboxylic acid groups (broad SMARTS) is 1. The third kappa shape index (κ3) is 4.92. The summed E-state index contributed by atoms with van der Waals surface area (Å²) in [4.78, 5) is 10.6. The quantitative estimate of drug-likeness (QED) is 0.363. The number of nitriles is 1. The monoisotopic (exact) mass is 413 g/mol. The molecule has 6 nitrogen and oxygen atoms in total. The fourth-order valence-corrected chi connectivity index (χ4v) is 4.81. The van der Waals surface area contributed by atoms with Gasteiger partial charge in [-0.3, -0.25) is 4.79 Å². The number of nitrogens with zero attached hydrogens (tertiary/aromatic N) is 1. The molecule has 3 unspecified atom stereocenters. The molecule has 0 bridgehead atoms. The molecule has 1 aromatic rings. The van der Waals surface area contributed by atoms with E-state index in [0.29, 0.717) is 44.1 Å². The van der Waals surface area contributed by atoms with Gasteiger partial charge in [0.2, 0.25) is 0 Å². The highest BCUT2D eigenvalue weighted by atomic mass is 16.4. The molecule has 30 heavy (non-hydrogen) atoms. The standard InChI is InChI=1S/C24H31NO5/c25-15-18-14-20(26)22(19(18)6-3-1-2-4-7-21(27)28)16-8-10-17(11-9-16)23(29)24(30)12-5-13-24/h1,3,8-11,18-20,22-23,26,29-30H,2,4-7,12-14H2,(H,27,28)/b3-1-/t18-,19?,20+,22?,23?/m0/s1. The van der Waals surface area contributed by atoms with E-state index in [1.165, 1.54) is 0 Å². The maximum absolute atomic E-state index is 10.6. The average Bonchev–Trinajstić information content (AvgIpc) is 3.03. The van der Waals surface area contributed by atoms with Gasteiger partial charge >= 0.3 is 5.97 Å². The number of unbranched alkanes of at least 4 members (excludes halogenated alkanes) is 1. The lowest BCUT2D eigenvalue weighted by Gasteiger charge is -2.40. The molecule has 0 amide bonds. The third-order valence-corrected chi connectivity index (χ3v) is 6.76. The fourth-order valence-electron chi connectivity index (χ4n) is 4.81. The van der Waals surface area contributed by atoms with E-state index < -0.39 is 23.8 Å². The molecule has 5 atom stereocenters. The highest BCUT2D eigenvalue weighted by Crippen LogP contribution is 2.46. The van der Waals surface area contributed by atoms with Crippen molar-refractivity contribution in [3.8, 4) is 6.07 Å². The summed E-state index contributed by atoms with van der Waals surface area (Å²) < 4.78 is 0. The summed E-state index contributed by atoms with van der Waals surface area (Å²) in [6.45, 7) is 0. The first kappa shape index (κ1) is 22.5. The average molecular weight is 414 g/mol. The highest BCUT2D eigenvalue weighted by molar-refractivity contribution is 5.66. The highest BCUT2D eigenvalue weighted by Gasteiger charge is 2.44. The van der Waals surface area contributed by atoms with Crippen molar-refractivity contribution in [1.82, 2.24) is 0 Å². The van der Waals surface area contributed by atoms with E-state index in [4.69, 9.17) is 5.11 Å². The van der Waals surface area contributed by atoms with Gasteiger partial charge in [-0.2, -0.15) is 5.26 Å². The summed E-state index contributed by atoms with van der Waals surface area (Å²) in [7, 11) is 0. The second kappa shape index (κ2) is 9.74. The van der Waals surface area contributed by atoms with E-state index >= 15 is 0 Å². The molecule has 6 heteroatoms. The number of benzene rings is 1. The minimum absolute atomic E-state index is 0.0210. The molecular weight excluding hydrogens is 382 g/mol. The van der Waals surface area contributed by atoms with Gasteiger partial charge in [0.25, 0.3) is 0 Å². The van der Waals surface area contributed by atoms with Crippen LogP contribution in [0.4, 0.5) is 0 Å². The third-order valence-electron chi connectivity index (χ3n) is 6.76. The number of carboxylic acids is 1. The molecule has 0 radical (unpaired) electrons. The lowest BCUT2D eigenvalue weighted by molar-refractivity contribution is -0.137. The van der Waals surface area contributed by atoms with Crippen LogP contribution in [0.25, 0.3) is 0 Å². The number of rotatable bonds is 9. The van der Waals surface area contributed by atoms with Gasteiger partial charge in [0.1, 0.15) is 6.10 Å². The topological polar surface area (TPSA) is 122 Å². The van der Waals surface area contributed by atoms with Crippen molar-refractivity contribution < 1.29 is 25.2 Å². The fraction of sp³-hybridized carbons (Fsp3) is 0.583. The van der Waals surface area contributed by atoms with Gasteiger partial charge in [0.15, 0.2) is 0 Å². The van der Waals surface area contributed by atoms with Crippen LogP contribution in [0.15, 0.2) is 36.4 Å². The van der Waals surface area contributed by atoms with Gasteiger partial charge in [-0.05, 0) is 62.0 Å². The van der Waals surface area contributed by atoms with Crippen LogP contribution in [0.1, 0.15) is 74.5 Å². The maximum atomic E-state index is 10.6. The first-order chi connectivity index (χ1) is 14.4. The van der Waals surface area contributed by atoms with Crippen molar-refractivity contribution in [2.75, 3.05) is 0 Å². The smallest absolute Gasteiger partial charge is 0.303 e. The normalized spacial score (nSPS) is 28.7. The number of aliphatic hydroxyl groups is 3. The molecule has 0 saturated heterocycles. The van der Waals surface area contributed by atoms with Crippen molar-refractivity contribution in [3.05, 3.63) is 47.5 Å². The van der Waals surface area contributed by atoms with E-state index in [9.17, 15) is 25.4 Å². The van der Waals surface area contributed by atoms with Crippen LogP contribution >= 0.6 is 0 Å². The largest absolute Gasteiger partial charge is 0.481 e. The Morgan fingerprint density at radius 1 is 1.27 bits per heavy atom.